The molecule has 0 radical (unpaired) electrons. The molecule has 1 aliphatic rings. The van der Waals surface area contributed by atoms with Gasteiger partial charge in [0.1, 0.15) is 4.70 Å². The number of thiazole rings is 1. The smallest absolute Gasteiger partial charge is 0.263 e. The summed E-state index contributed by atoms with van der Waals surface area (Å²) in [6.07, 6.45) is 10.4. The van der Waals surface area contributed by atoms with Crippen molar-refractivity contribution < 1.29 is 28.5 Å². The highest BCUT2D eigenvalue weighted by Gasteiger charge is 2.23. The minimum absolute atomic E-state index is 0. The van der Waals surface area contributed by atoms with Gasteiger partial charge in [-0.1, -0.05) is 66.1 Å². The van der Waals surface area contributed by atoms with Crippen LogP contribution in [0.3, 0.4) is 0 Å². The fourth-order valence-corrected chi connectivity index (χ4v) is 5.37. The van der Waals surface area contributed by atoms with Crippen molar-refractivity contribution in [1.82, 2.24) is 0 Å². The molecule has 0 bridgehead atoms. The van der Waals surface area contributed by atoms with Crippen molar-refractivity contribution in [3.05, 3.63) is 96.0 Å². The molecule has 1 aromatic heterocycles. The van der Waals surface area contributed by atoms with Crippen LogP contribution >= 0.6 is 23.1 Å². The van der Waals surface area contributed by atoms with E-state index in [1.54, 1.807) is 0 Å². The first-order valence-corrected chi connectivity index (χ1v) is 10.5. The summed E-state index contributed by atoms with van der Waals surface area (Å²) >= 11 is 3.61. The number of thioether (sulfide) groups is 1. The molecular formula is C23H21IN2S2. The van der Waals surface area contributed by atoms with E-state index in [9.17, 15) is 0 Å². The number of nitrogens with zero attached hydrogens (tertiary/aromatic N) is 2. The third-order valence-corrected chi connectivity index (χ3v) is 6.64. The number of anilines is 1. The van der Waals surface area contributed by atoms with Gasteiger partial charge in [-0.15, -0.1) is 6.58 Å². The van der Waals surface area contributed by atoms with Gasteiger partial charge in [0.2, 0.25) is 5.52 Å². The number of para-hydroxylation sites is 2. The van der Waals surface area contributed by atoms with E-state index in [1.807, 2.05) is 35.3 Å². The predicted molar refractivity (Wildman–Crippen MR) is 119 cm³/mol. The Morgan fingerprint density at radius 1 is 1.00 bits per heavy atom. The second-order valence-electron chi connectivity index (χ2n) is 6.14. The molecule has 0 atom stereocenters. The maximum Gasteiger partial charge on any atom is 0.263 e. The Hall–Kier alpha value is -1.83. The second kappa shape index (κ2) is 9.58. The van der Waals surface area contributed by atoms with Crippen molar-refractivity contribution in [2.75, 3.05) is 11.4 Å². The lowest BCUT2D eigenvalue weighted by atomic mass is 10.3. The highest BCUT2D eigenvalue weighted by Crippen LogP contribution is 2.45. The van der Waals surface area contributed by atoms with Crippen LogP contribution in [0, 0.1) is 0 Å². The molecule has 142 valence electrons. The summed E-state index contributed by atoms with van der Waals surface area (Å²) in [5.74, 6) is 0. The lowest BCUT2D eigenvalue weighted by Gasteiger charge is -2.17. The Kier molecular flexibility index (Phi) is 7.15. The summed E-state index contributed by atoms with van der Waals surface area (Å²) in [5.41, 5.74) is 2.51. The number of benzene rings is 2. The molecule has 3 aromatic rings. The highest BCUT2D eigenvalue weighted by atomic mass is 127. The number of halogens is 1. The molecule has 0 amide bonds. The molecule has 0 saturated carbocycles. The zero-order valence-electron chi connectivity index (χ0n) is 15.4. The van der Waals surface area contributed by atoms with Crippen molar-refractivity contribution in [2.45, 2.75) is 11.4 Å². The average Bonchev–Trinajstić information content (AvgIpc) is 3.21. The maximum atomic E-state index is 3.91. The van der Waals surface area contributed by atoms with Crippen LogP contribution in [0.5, 0.6) is 0 Å². The van der Waals surface area contributed by atoms with Gasteiger partial charge in [-0.2, -0.15) is 4.57 Å². The van der Waals surface area contributed by atoms with Gasteiger partial charge in [-0.05, 0) is 30.4 Å². The van der Waals surface area contributed by atoms with E-state index in [4.69, 9.17) is 0 Å². The molecule has 0 saturated heterocycles. The number of hydrogen-bond donors (Lipinski definition) is 0. The summed E-state index contributed by atoms with van der Waals surface area (Å²) in [6, 6.07) is 17.0. The average molecular weight is 516 g/mol. The minimum atomic E-state index is 0. The summed E-state index contributed by atoms with van der Waals surface area (Å²) in [4.78, 5) is 3.60. The number of fused-ring (bicyclic) bond motifs is 2. The topological polar surface area (TPSA) is 7.12 Å². The molecule has 0 spiro atoms. The normalized spacial score (nSPS) is 14.4. The zero-order valence-corrected chi connectivity index (χ0v) is 19.2. The Morgan fingerprint density at radius 2 is 1.79 bits per heavy atom. The van der Waals surface area contributed by atoms with Gasteiger partial charge in [0.25, 0.3) is 5.01 Å². The van der Waals surface area contributed by atoms with Crippen LogP contribution in [0.25, 0.3) is 16.3 Å². The fourth-order valence-electron chi connectivity index (χ4n) is 3.20. The second-order valence-corrected chi connectivity index (χ2v) is 8.26. The van der Waals surface area contributed by atoms with Gasteiger partial charge in [0, 0.05) is 23.6 Å². The lowest BCUT2D eigenvalue weighted by molar-refractivity contribution is -0.658. The highest BCUT2D eigenvalue weighted by molar-refractivity contribution is 8.03. The van der Waals surface area contributed by atoms with E-state index in [1.165, 1.54) is 30.8 Å². The Morgan fingerprint density at radius 3 is 2.61 bits per heavy atom. The first kappa shape index (κ1) is 20.9. The van der Waals surface area contributed by atoms with Crippen LogP contribution in [-0.4, -0.2) is 6.54 Å². The molecule has 2 nitrogen and oxygen atoms in total. The fraction of sp³-hybridized carbons (Fsp3) is 0.0870. The summed E-state index contributed by atoms with van der Waals surface area (Å²) in [7, 11) is 0. The van der Waals surface area contributed by atoms with Crippen LogP contribution in [0.1, 0.15) is 5.01 Å². The third-order valence-electron chi connectivity index (χ3n) is 4.37. The van der Waals surface area contributed by atoms with E-state index < -0.39 is 0 Å². The molecule has 28 heavy (non-hydrogen) atoms. The van der Waals surface area contributed by atoms with Crippen LogP contribution in [0.15, 0.2) is 95.9 Å². The Labute approximate surface area is 191 Å². The third kappa shape index (κ3) is 4.11. The molecule has 0 N–H and O–H groups in total. The largest absolute Gasteiger partial charge is 1.00 e. The monoisotopic (exact) mass is 516 g/mol. The molecular weight excluding hydrogens is 495 g/mol. The summed E-state index contributed by atoms with van der Waals surface area (Å²) in [5, 5.41) is 2.45. The molecule has 0 unspecified atom stereocenters. The molecule has 2 aromatic carbocycles. The Balaban J connectivity index is 0.00000225. The van der Waals surface area contributed by atoms with E-state index in [0.29, 0.717) is 0 Å². The van der Waals surface area contributed by atoms with Gasteiger partial charge >= 0.3 is 0 Å². The molecule has 4 rings (SSSR count). The summed E-state index contributed by atoms with van der Waals surface area (Å²) in [6.45, 7) is 9.43. The van der Waals surface area contributed by atoms with Crippen LogP contribution in [0.2, 0.25) is 0 Å². The van der Waals surface area contributed by atoms with Crippen molar-refractivity contribution in [1.29, 1.82) is 0 Å². The van der Waals surface area contributed by atoms with Crippen LogP contribution in [-0.2, 0) is 6.54 Å². The van der Waals surface area contributed by atoms with Gasteiger partial charge in [-0.3, -0.25) is 0 Å². The number of rotatable bonds is 6. The van der Waals surface area contributed by atoms with Crippen molar-refractivity contribution in [3.63, 3.8) is 0 Å². The van der Waals surface area contributed by atoms with Crippen LogP contribution in [0.4, 0.5) is 5.69 Å². The first-order chi connectivity index (χ1) is 13.3. The lowest BCUT2D eigenvalue weighted by Crippen LogP contribution is -3.00. The van der Waals surface area contributed by atoms with Crippen molar-refractivity contribution in [2.24, 2.45) is 0 Å². The van der Waals surface area contributed by atoms with E-state index in [-0.39, 0.29) is 24.0 Å². The molecule has 0 aliphatic carbocycles. The molecule has 5 heteroatoms. The van der Waals surface area contributed by atoms with Crippen LogP contribution < -0.4 is 33.4 Å². The standard InChI is InChI=1S/C23H21N2S2.HI/c1-3-16-24-18-10-5-7-12-20(18)26-22(24)14-9-15-23-25(17-4-2)19-11-6-8-13-21(19)27-23;/h3-15H,1-2,16-17H2;1H/q+1;/p-1. The van der Waals surface area contributed by atoms with Crippen molar-refractivity contribution >= 4 is 45.1 Å². The predicted octanol–water partition coefficient (Wildman–Crippen LogP) is 3.03. The first-order valence-electron chi connectivity index (χ1n) is 8.88. The van der Waals surface area contributed by atoms with E-state index in [2.05, 4.69) is 89.4 Å². The Bertz CT molecular complexity index is 1070. The summed E-state index contributed by atoms with van der Waals surface area (Å²) < 4.78 is 3.60. The molecule has 2 heterocycles. The van der Waals surface area contributed by atoms with Gasteiger partial charge in [-0.25, -0.2) is 0 Å². The van der Waals surface area contributed by atoms with Gasteiger partial charge < -0.3 is 28.9 Å². The molecule has 0 fully saturated rings. The van der Waals surface area contributed by atoms with Gasteiger partial charge in [0.05, 0.1) is 10.7 Å². The van der Waals surface area contributed by atoms with Gasteiger partial charge in [0.15, 0.2) is 6.54 Å². The number of hydrogen-bond acceptors (Lipinski definition) is 3. The number of aromatic nitrogens is 1. The van der Waals surface area contributed by atoms with Crippen molar-refractivity contribution in [3.8, 4) is 0 Å². The quantitative estimate of drug-likeness (QED) is 0.283. The number of allylic oxidation sites excluding steroid dienone is 3. The van der Waals surface area contributed by atoms with E-state index >= 15 is 0 Å². The maximum absolute atomic E-state index is 3.91. The van der Waals surface area contributed by atoms with E-state index in [0.717, 1.165) is 13.1 Å². The SMILES string of the molecule is C=CCN1/C(=C\C=C\c2sc3ccccc3[n+]2CC=C)Sc2ccccc21.[I-]. The zero-order chi connectivity index (χ0) is 18.6. The minimum Gasteiger partial charge on any atom is -1.00 e. The molecule has 1 aliphatic heterocycles.